The van der Waals surface area contributed by atoms with Gasteiger partial charge in [0.25, 0.3) is 0 Å². The predicted molar refractivity (Wildman–Crippen MR) is 121 cm³/mol. The van der Waals surface area contributed by atoms with Crippen LogP contribution in [0.4, 0.5) is 4.79 Å². The van der Waals surface area contributed by atoms with Gasteiger partial charge in [-0.2, -0.15) is 4.37 Å². The average Bonchev–Trinajstić information content (AvgIpc) is 3.17. The highest BCUT2D eigenvalue weighted by Crippen LogP contribution is 2.39. The van der Waals surface area contributed by atoms with E-state index in [0.717, 1.165) is 31.8 Å². The minimum absolute atomic E-state index is 0.0417. The summed E-state index contributed by atoms with van der Waals surface area (Å²) in [5.41, 5.74) is 1.34. The lowest BCUT2D eigenvalue weighted by molar-refractivity contribution is 0.200. The van der Waals surface area contributed by atoms with Gasteiger partial charge >= 0.3 is 6.03 Å². The van der Waals surface area contributed by atoms with Gasteiger partial charge in [-0.05, 0) is 81.0 Å². The molecule has 1 saturated heterocycles. The number of piperidine rings is 1. The molecule has 1 aromatic heterocycles. The lowest BCUT2D eigenvalue weighted by Gasteiger charge is -2.34. The molecular weight excluding hydrogens is 380 g/mol. The van der Waals surface area contributed by atoms with E-state index in [4.69, 9.17) is 4.37 Å². The normalized spacial score (nSPS) is 27.7. The summed E-state index contributed by atoms with van der Waals surface area (Å²) in [4.78, 5) is 13.5. The Morgan fingerprint density at radius 2 is 1.97 bits per heavy atom. The quantitative estimate of drug-likeness (QED) is 0.752. The monoisotopic (exact) mass is 414 g/mol. The Labute approximate surface area is 178 Å². The van der Waals surface area contributed by atoms with E-state index in [9.17, 15) is 4.79 Å². The largest absolute Gasteiger partial charge is 0.335 e. The van der Waals surface area contributed by atoms with Crippen LogP contribution in [0.25, 0.3) is 10.1 Å². The van der Waals surface area contributed by atoms with Crippen LogP contribution in [-0.4, -0.2) is 48.5 Å². The van der Waals surface area contributed by atoms with Gasteiger partial charge in [-0.25, -0.2) is 4.79 Å². The molecule has 2 aromatic rings. The van der Waals surface area contributed by atoms with Crippen molar-refractivity contribution in [1.29, 1.82) is 0 Å². The molecule has 0 radical (unpaired) electrons. The first kappa shape index (κ1) is 20.6. The van der Waals surface area contributed by atoms with Crippen molar-refractivity contribution in [3.05, 3.63) is 30.0 Å². The maximum absolute atomic E-state index is 11.9. The van der Waals surface area contributed by atoms with E-state index in [1.807, 2.05) is 0 Å². The maximum atomic E-state index is 11.9. The second-order valence-electron chi connectivity index (χ2n) is 9.06. The van der Waals surface area contributed by atoms with Crippen LogP contribution in [0.1, 0.15) is 56.6 Å². The van der Waals surface area contributed by atoms with Crippen LogP contribution in [0.5, 0.6) is 0 Å². The molecule has 6 heteroatoms. The second-order valence-corrected chi connectivity index (χ2v) is 9.87. The number of urea groups is 1. The highest BCUT2D eigenvalue weighted by molar-refractivity contribution is 7.13. The van der Waals surface area contributed by atoms with Crippen molar-refractivity contribution in [1.82, 2.24) is 19.9 Å². The first-order valence-corrected chi connectivity index (χ1v) is 11.9. The van der Waals surface area contributed by atoms with Crippen LogP contribution in [0, 0.1) is 11.8 Å². The van der Waals surface area contributed by atoms with E-state index in [0.29, 0.717) is 17.9 Å². The SMILES string of the molecule is CN(C)C(=O)N[C@H]1CC[C@H](CCC2CNCCC2c2nsc3ccccc23)CC1. The van der Waals surface area contributed by atoms with Gasteiger partial charge in [-0.3, -0.25) is 0 Å². The molecule has 1 saturated carbocycles. The summed E-state index contributed by atoms with van der Waals surface area (Å²) in [6, 6.07) is 9.09. The van der Waals surface area contributed by atoms with E-state index in [-0.39, 0.29) is 6.03 Å². The highest BCUT2D eigenvalue weighted by Gasteiger charge is 2.31. The van der Waals surface area contributed by atoms with Gasteiger partial charge in [0.2, 0.25) is 0 Å². The van der Waals surface area contributed by atoms with Gasteiger partial charge < -0.3 is 15.5 Å². The fraction of sp³-hybridized carbons (Fsp3) is 0.652. The number of amides is 2. The topological polar surface area (TPSA) is 57.3 Å². The Morgan fingerprint density at radius 3 is 2.76 bits per heavy atom. The van der Waals surface area contributed by atoms with Gasteiger partial charge in [0, 0.05) is 31.4 Å². The zero-order valence-electron chi connectivity index (χ0n) is 17.7. The molecule has 2 aliphatic rings. The lowest BCUT2D eigenvalue weighted by Crippen LogP contribution is -2.43. The summed E-state index contributed by atoms with van der Waals surface area (Å²) >= 11 is 1.65. The minimum atomic E-state index is 0.0417. The van der Waals surface area contributed by atoms with Crippen LogP contribution < -0.4 is 10.6 Å². The average molecular weight is 415 g/mol. The number of nitrogens with zero attached hydrogens (tertiary/aromatic N) is 2. The predicted octanol–water partition coefficient (Wildman–Crippen LogP) is 4.60. The molecule has 1 aromatic carbocycles. The molecule has 2 fully saturated rings. The number of carbonyl (C=O) groups is 1. The summed E-state index contributed by atoms with van der Waals surface area (Å²) in [5.74, 6) is 2.07. The summed E-state index contributed by atoms with van der Waals surface area (Å²) < 4.78 is 6.20. The number of hydrogen-bond acceptors (Lipinski definition) is 4. The van der Waals surface area contributed by atoms with Crippen molar-refractivity contribution in [3.63, 3.8) is 0 Å². The van der Waals surface area contributed by atoms with Crippen LogP contribution in [0.15, 0.2) is 24.3 Å². The molecule has 1 aliphatic heterocycles. The van der Waals surface area contributed by atoms with Crippen molar-refractivity contribution in [2.24, 2.45) is 11.8 Å². The Bertz CT molecular complexity index is 812. The van der Waals surface area contributed by atoms with Crippen molar-refractivity contribution in [2.45, 2.75) is 56.9 Å². The number of aromatic nitrogens is 1. The van der Waals surface area contributed by atoms with Crippen molar-refractivity contribution < 1.29 is 4.79 Å². The van der Waals surface area contributed by atoms with Crippen molar-refractivity contribution in [2.75, 3.05) is 27.2 Å². The first-order chi connectivity index (χ1) is 14.1. The Balaban J connectivity index is 1.31. The third kappa shape index (κ3) is 4.92. The standard InChI is InChI=1S/C23H34N4OS/c1-27(2)23(28)25-18-11-8-16(9-12-18)7-10-17-15-24-14-13-19(17)22-20-5-3-4-6-21(20)29-26-22/h3-6,16-19,24H,7-15H2,1-2H3,(H,25,28)/t16-,17?,18-,19?. The molecule has 2 heterocycles. The van der Waals surface area contributed by atoms with Crippen molar-refractivity contribution in [3.8, 4) is 0 Å². The molecule has 4 rings (SSSR count). The second kappa shape index (κ2) is 9.43. The molecule has 2 unspecified atom stereocenters. The van der Waals surface area contributed by atoms with Gasteiger partial charge in [-0.1, -0.05) is 24.6 Å². The number of fused-ring (bicyclic) bond motifs is 1. The van der Waals surface area contributed by atoms with Crippen LogP contribution in [-0.2, 0) is 0 Å². The van der Waals surface area contributed by atoms with Gasteiger partial charge in [0.05, 0.1) is 10.4 Å². The van der Waals surface area contributed by atoms with E-state index in [2.05, 4.69) is 34.9 Å². The number of carbonyl (C=O) groups excluding carboxylic acids is 1. The third-order valence-corrected chi connectivity index (χ3v) is 7.73. The molecule has 2 amide bonds. The minimum Gasteiger partial charge on any atom is -0.335 e. The number of nitrogens with one attached hydrogen (secondary N) is 2. The van der Waals surface area contributed by atoms with Gasteiger partial charge in [0.1, 0.15) is 0 Å². The van der Waals surface area contributed by atoms with Gasteiger partial charge in [-0.15, -0.1) is 0 Å². The lowest BCUT2D eigenvalue weighted by atomic mass is 9.76. The molecule has 0 spiro atoms. The summed E-state index contributed by atoms with van der Waals surface area (Å²) in [6.07, 6.45) is 8.50. The van der Waals surface area contributed by atoms with Crippen LogP contribution >= 0.6 is 11.5 Å². The number of benzene rings is 1. The smallest absolute Gasteiger partial charge is 0.317 e. The highest BCUT2D eigenvalue weighted by atomic mass is 32.1. The zero-order valence-corrected chi connectivity index (χ0v) is 18.5. The Morgan fingerprint density at radius 1 is 1.17 bits per heavy atom. The molecule has 29 heavy (non-hydrogen) atoms. The molecule has 0 bridgehead atoms. The van der Waals surface area contributed by atoms with E-state index in [1.54, 1.807) is 30.5 Å². The fourth-order valence-corrected chi connectivity index (χ4v) is 5.95. The molecule has 2 N–H and O–H groups in total. The molecule has 1 aliphatic carbocycles. The summed E-state index contributed by atoms with van der Waals surface area (Å²) in [5, 5.41) is 8.15. The molecule has 5 nitrogen and oxygen atoms in total. The first-order valence-electron chi connectivity index (χ1n) is 11.1. The number of hydrogen-bond donors (Lipinski definition) is 2. The van der Waals surface area contributed by atoms with Crippen molar-refractivity contribution >= 4 is 27.6 Å². The summed E-state index contributed by atoms with van der Waals surface area (Å²) in [7, 11) is 3.61. The molecular formula is C23H34N4OS. The fourth-order valence-electron chi connectivity index (χ4n) is 5.11. The van der Waals surface area contributed by atoms with Gasteiger partial charge in [0.15, 0.2) is 0 Å². The zero-order chi connectivity index (χ0) is 20.2. The van der Waals surface area contributed by atoms with Crippen LogP contribution in [0.3, 0.4) is 0 Å². The number of rotatable bonds is 5. The van der Waals surface area contributed by atoms with E-state index in [1.165, 1.54) is 47.9 Å². The Hall–Kier alpha value is -1.66. The van der Waals surface area contributed by atoms with E-state index < -0.39 is 0 Å². The molecule has 158 valence electrons. The summed E-state index contributed by atoms with van der Waals surface area (Å²) in [6.45, 7) is 2.22. The molecule has 2 atom stereocenters. The third-order valence-electron chi connectivity index (χ3n) is 6.89. The van der Waals surface area contributed by atoms with E-state index >= 15 is 0 Å². The maximum Gasteiger partial charge on any atom is 0.317 e. The van der Waals surface area contributed by atoms with Crippen LogP contribution in [0.2, 0.25) is 0 Å². The Kier molecular flexibility index (Phi) is 6.70.